The van der Waals surface area contributed by atoms with Crippen LogP contribution in [-0.2, 0) is 0 Å². The predicted molar refractivity (Wildman–Crippen MR) is 95.9 cm³/mol. The third-order valence-corrected chi connectivity index (χ3v) is 4.16. The largest absolute Gasteiger partial charge is 0.321 e. The molecule has 1 aromatic heterocycles. The summed E-state index contributed by atoms with van der Waals surface area (Å²) in [5, 5.41) is 7.80. The molecule has 126 valence electrons. The van der Waals surface area contributed by atoms with E-state index in [-0.39, 0.29) is 16.8 Å². The predicted octanol–water partition coefficient (Wildman–Crippen LogP) is 4.44. The van der Waals surface area contributed by atoms with Gasteiger partial charge in [0.05, 0.1) is 11.3 Å². The van der Waals surface area contributed by atoms with E-state index in [4.69, 9.17) is 11.6 Å². The zero-order valence-corrected chi connectivity index (χ0v) is 14.2. The fourth-order valence-electron chi connectivity index (χ4n) is 2.06. The first-order chi connectivity index (χ1) is 12.0. The van der Waals surface area contributed by atoms with Crippen LogP contribution in [0.1, 0.15) is 20.7 Å². The second-order valence-corrected chi connectivity index (χ2v) is 6.27. The van der Waals surface area contributed by atoms with Crippen LogP contribution in [0.15, 0.2) is 54.0 Å². The van der Waals surface area contributed by atoms with E-state index in [0.717, 1.165) is 0 Å². The van der Waals surface area contributed by atoms with Gasteiger partial charge in [-0.15, -0.1) is 11.3 Å². The quantitative estimate of drug-likeness (QED) is 0.708. The molecule has 0 radical (unpaired) electrons. The van der Waals surface area contributed by atoms with Gasteiger partial charge in [0.1, 0.15) is 5.82 Å². The number of thiazole rings is 1. The monoisotopic (exact) mass is 375 g/mol. The number of halogens is 2. The first-order valence-corrected chi connectivity index (χ1v) is 8.36. The van der Waals surface area contributed by atoms with Crippen molar-refractivity contribution in [2.75, 3.05) is 10.6 Å². The number of benzene rings is 2. The molecule has 2 N–H and O–H groups in total. The summed E-state index contributed by atoms with van der Waals surface area (Å²) < 4.78 is 13.0. The van der Waals surface area contributed by atoms with Crippen molar-refractivity contribution in [3.63, 3.8) is 0 Å². The fourth-order valence-corrected chi connectivity index (χ4v) is 2.76. The van der Waals surface area contributed by atoms with Crippen molar-refractivity contribution in [2.24, 2.45) is 0 Å². The molecule has 0 bridgehead atoms. The normalized spacial score (nSPS) is 10.3. The lowest BCUT2D eigenvalue weighted by molar-refractivity contribution is 0.102. The minimum absolute atomic E-state index is 0.232. The number of amides is 2. The van der Waals surface area contributed by atoms with Gasteiger partial charge in [-0.3, -0.25) is 14.9 Å². The van der Waals surface area contributed by atoms with Gasteiger partial charge < -0.3 is 5.32 Å². The molecular weight excluding hydrogens is 365 g/mol. The van der Waals surface area contributed by atoms with Crippen molar-refractivity contribution >= 4 is 45.6 Å². The Balaban J connectivity index is 1.85. The van der Waals surface area contributed by atoms with Gasteiger partial charge in [-0.2, -0.15) is 0 Å². The summed E-state index contributed by atoms with van der Waals surface area (Å²) in [5.41, 5.74) is 0.735. The summed E-state index contributed by atoms with van der Waals surface area (Å²) in [5.74, 6) is -1.35. The lowest BCUT2D eigenvalue weighted by atomic mass is 10.1. The molecule has 2 aromatic carbocycles. The van der Waals surface area contributed by atoms with Gasteiger partial charge in [-0.1, -0.05) is 11.6 Å². The van der Waals surface area contributed by atoms with Crippen molar-refractivity contribution in [3.05, 3.63) is 76.0 Å². The lowest BCUT2D eigenvalue weighted by Gasteiger charge is -2.11. The molecule has 5 nitrogen and oxygen atoms in total. The number of anilines is 2. The van der Waals surface area contributed by atoms with Crippen LogP contribution >= 0.6 is 22.9 Å². The number of aromatic nitrogens is 1. The Morgan fingerprint density at radius 2 is 1.80 bits per heavy atom. The fraction of sp³-hybridized carbons (Fsp3) is 0. The zero-order valence-electron chi connectivity index (χ0n) is 12.6. The molecule has 0 spiro atoms. The number of rotatable bonds is 4. The molecule has 8 heteroatoms. The number of hydrogen-bond acceptors (Lipinski definition) is 4. The molecule has 3 rings (SSSR count). The number of nitrogens with one attached hydrogen (secondary N) is 2. The molecule has 1 heterocycles. The average molecular weight is 376 g/mol. The molecule has 3 aromatic rings. The summed E-state index contributed by atoms with van der Waals surface area (Å²) in [6, 6.07) is 9.60. The second kappa shape index (κ2) is 7.42. The highest BCUT2D eigenvalue weighted by molar-refractivity contribution is 7.13. The highest BCUT2D eigenvalue weighted by Gasteiger charge is 2.16. The summed E-state index contributed by atoms with van der Waals surface area (Å²) in [7, 11) is 0. The van der Waals surface area contributed by atoms with Gasteiger partial charge in [0.25, 0.3) is 11.8 Å². The average Bonchev–Trinajstić information content (AvgIpc) is 3.08. The Labute approximate surface area is 151 Å². The third-order valence-electron chi connectivity index (χ3n) is 3.23. The van der Waals surface area contributed by atoms with Crippen LogP contribution in [0.5, 0.6) is 0 Å². The van der Waals surface area contributed by atoms with E-state index in [1.165, 1.54) is 47.7 Å². The van der Waals surface area contributed by atoms with Gasteiger partial charge >= 0.3 is 0 Å². The number of nitrogens with zero attached hydrogens (tertiary/aromatic N) is 1. The van der Waals surface area contributed by atoms with Gasteiger partial charge in [-0.25, -0.2) is 9.37 Å². The van der Waals surface area contributed by atoms with Gasteiger partial charge in [0, 0.05) is 22.2 Å². The Bertz CT molecular complexity index is 914. The second-order valence-electron chi connectivity index (χ2n) is 4.94. The highest BCUT2D eigenvalue weighted by atomic mass is 35.5. The van der Waals surface area contributed by atoms with Gasteiger partial charge in [-0.05, 0) is 42.5 Å². The summed E-state index contributed by atoms with van der Waals surface area (Å²) in [6.45, 7) is 0. The van der Waals surface area contributed by atoms with Crippen molar-refractivity contribution in [1.82, 2.24) is 4.98 Å². The third kappa shape index (κ3) is 4.20. The molecule has 0 aliphatic carbocycles. The minimum Gasteiger partial charge on any atom is -0.321 e. The smallest absolute Gasteiger partial charge is 0.259 e. The molecule has 2 amide bonds. The first-order valence-electron chi connectivity index (χ1n) is 7.10. The highest BCUT2D eigenvalue weighted by Crippen LogP contribution is 2.23. The molecule has 25 heavy (non-hydrogen) atoms. The lowest BCUT2D eigenvalue weighted by Crippen LogP contribution is -2.18. The molecule has 0 aliphatic heterocycles. The van der Waals surface area contributed by atoms with Crippen LogP contribution in [0, 0.1) is 5.82 Å². The maximum Gasteiger partial charge on any atom is 0.259 e. The van der Waals surface area contributed by atoms with Gasteiger partial charge in [0.15, 0.2) is 5.13 Å². The topological polar surface area (TPSA) is 71.1 Å². The maximum atomic E-state index is 13.0. The standard InChI is InChI=1S/C17H11ClFN3O2S/c18-11-3-6-13(16(24)22-17-20-7-8-25-17)14(9-11)21-15(23)10-1-4-12(19)5-2-10/h1-9H,(H,21,23)(H,20,22,24). The minimum atomic E-state index is -0.481. The van der Waals surface area contributed by atoms with Crippen molar-refractivity contribution in [2.45, 2.75) is 0 Å². The molecular formula is C17H11ClFN3O2S. The van der Waals surface area contributed by atoms with Crippen LogP contribution in [0.3, 0.4) is 0 Å². The van der Waals surface area contributed by atoms with Crippen LogP contribution in [-0.4, -0.2) is 16.8 Å². The Hall–Kier alpha value is -2.77. The SMILES string of the molecule is O=C(Nc1cc(Cl)ccc1C(=O)Nc1nccs1)c1ccc(F)cc1. The van der Waals surface area contributed by atoms with E-state index in [9.17, 15) is 14.0 Å². The Kier molecular flexibility index (Phi) is 5.06. The summed E-state index contributed by atoms with van der Waals surface area (Å²) in [6.07, 6.45) is 1.57. The van der Waals surface area contributed by atoms with Crippen LogP contribution in [0.25, 0.3) is 0 Å². The number of carbonyl (C=O) groups excluding carboxylic acids is 2. The van der Waals surface area contributed by atoms with Gasteiger partial charge in [0.2, 0.25) is 0 Å². The van der Waals surface area contributed by atoms with Crippen LogP contribution in [0.2, 0.25) is 5.02 Å². The van der Waals surface area contributed by atoms with E-state index in [1.54, 1.807) is 17.6 Å². The molecule has 0 saturated carbocycles. The van der Waals surface area contributed by atoms with Crippen molar-refractivity contribution in [1.29, 1.82) is 0 Å². The Morgan fingerprint density at radius 1 is 1.04 bits per heavy atom. The van der Waals surface area contributed by atoms with E-state index in [1.807, 2.05) is 0 Å². The molecule has 0 saturated heterocycles. The Morgan fingerprint density at radius 3 is 2.48 bits per heavy atom. The zero-order chi connectivity index (χ0) is 17.8. The van der Waals surface area contributed by atoms with E-state index >= 15 is 0 Å². The van der Waals surface area contributed by atoms with E-state index in [2.05, 4.69) is 15.6 Å². The molecule has 0 unspecified atom stereocenters. The van der Waals surface area contributed by atoms with E-state index < -0.39 is 17.6 Å². The van der Waals surface area contributed by atoms with Crippen molar-refractivity contribution < 1.29 is 14.0 Å². The van der Waals surface area contributed by atoms with Crippen LogP contribution in [0.4, 0.5) is 15.2 Å². The molecule has 0 aliphatic rings. The van der Waals surface area contributed by atoms with Crippen LogP contribution < -0.4 is 10.6 Å². The summed E-state index contributed by atoms with van der Waals surface area (Å²) in [4.78, 5) is 28.7. The maximum absolute atomic E-state index is 13.0. The van der Waals surface area contributed by atoms with E-state index in [0.29, 0.717) is 10.2 Å². The number of carbonyl (C=O) groups is 2. The van der Waals surface area contributed by atoms with Crippen molar-refractivity contribution in [3.8, 4) is 0 Å². The first kappa shape index (κ1) is 17.1. The summed E-state index contributed by atoms with van der Waals surface area (Å²) >= 11 is 7.25. The number of hydrogen-bond donors (Lipinski definition) is 2. The molecule has 0 atom stereocenters. The molecule has 0 fully saturated rings.